The molecule has 0 spiro atoms. The van der Waals surface area contributed by atoms with E-state index in [0.29, 0.717) is 0 Å². The van der Waals surface area contributed by atoms with Crippen molar-refractivity contribution in [2.75, 3.05) is 7.11 Å². The van der Waals surface area contributed by atoms with Gasteiger partial charge in [-0.1, -0.05) is 44.2 Å². The number of benzene rings is 1. The second-order valence-electron chi connectivity index (χ2n) is 4.27. The lowest BCUT2D eigenvalue weighted by molar-refractivity contribution is -0.266. The summed E-state index contributed by atoms with van der Waals surface area (Å²) < 4.78 is 44.6. The summed E-state index contributed by atoms with van der Waals surface area (Å²) in [4.78, 5) is 12.0. The molecule has 0 aliphatic heterocycles. The van der Waals surface area contributed by atoms with Gasteiger partial charge in [-0.3, -0.25) is 4.79 Å². The lowest BCUT2D eigenvalue weighted by atomic mass is 9.83. The molecule has 1 aromatic rings. The van der Waals surface area contributed by atoms with Crippen LogP contribution in [0.2, 0.25) is 0 Å². The fraction of sp³-hybridized carbons (Fsp3) is 0.462. The Balaban J connectivity index is 3.47. The van der Waals surface area contributed by atoms with Gasteiger partial charge in [-0.15, -0.1) is 0 Å². The van der Waals surface area contributed by atoms with Gasteiger partial charge in [0.2, 0.25) is 5.60 Å². The van der Waals surface area contributed by atoms with Crippen molar-refractivity contribution in [2.45, 2.75) is 25.6 Å². The number of ether oxygens (including phenoxy) is 1. The molecule has 1 rings (SSSR count). The van der Waals surface area contributed by atoms with E-state index in [2.05, 4.69) is 4.74 Å². The molecule has 2 nitrogen and oxygen atoms in total. The molecule has 1 atom stereocenters. The molecule has 0 saturated heterocycles. The zero-order valence-corrected chi connectivity index (χ0v) is 10.4. The number of ketones is 1. The molecular weight excluding hydrogens is 245 g/mol. The van der Waals surface area contributed by atoms with Gasteiger partial charge in [-0.05, 0) is 0 Å². The van der Waals surface area contributed by atoms with Crippen LogP contribution in [0.15, 0.2) is 30.3 Å². The van der Waals surface area contributed by atoms with Gasteiger partial charge in [0.1, 0.15) is 0 Å². The van der Waals surface area contributed by atoms with Crippen LogP contribution in [0.4, 0.5) is 13.2 Å². The van der Waals surface area contributed by atoms with E-state index in [1.165, 1.54) is 38.1 Å². The summed E-state index contributed by atoms with van der Waals surface area (Å²) in [6.07, 6.45) is -4.80. The molecule has 1 aromatic carbocycles. The summed E-state index contributed by atoms with van der Waals surface area (Å²) in [5.74, 6) is -1.78. The third-order valence-corrected chi connectivity index (χ3v) is 2.76. The Morgan fingerprint density at radius 3 is 2.00 bits per heavy atom. The minimum absolute atomic E-state index is 0.196. The Hall–Kier alpha value is -1.36. The number of carbonyl (C=O) groups is 1. The van der Waals surface area contributed by atoms with Crippen molar-refractivity contribution < 1.29 is 22.7 Å². The first kappa shape index (κ1) is 14.7. The van der Waals surface area contributed by atoms with E-state index < -0.39 is 23.5 Å². The predicted octanol–water partition coefficient (Wildman–Crippen LogP) is 3.32. The van der Waals surface area contributed by atoms with Crippen LogP contribution in [0.1, 0.15) is 19.4 Å². The summed E-state index contributed by atoms with van der Waals surface area (Å²) in [5.41, 5.74) is -3.08. The van der Waals surface area contributed by atoms with Crippen LogP contribution in [0.25, 0.3) is 0 Å². The molecular formula is C13H15F3O2. The third kappa shape index (κ3) is 2.27. The molecule has 0 bridgehead atoms. The molecule has 0 radical (unpaired) electrons. The molecule has 5 heteroatoms. The lowest BCUT2D eigenvalue weighted by Gasteiger charge is -2.34. The minimum atomic E-state index is -4.80. The van der Waals surface area contributed by atoms with E-state index >= 15 is 0 Å². The van der Waals surface area contributed by atoms with Crippen LogP contribution in [0, 0.1) is 5.92 Å². The van der Waals surface area contributed by atoms with Gasteiger partial charge in [-0.2, -0.15) is 13.2 Å². The number of rotatable bonds is 4. The molecule has 0 amide bonds. The van der Waals surface area contributed by atoms with Crippen LogP contribution in [-0.2, 0) is 15.1 Å². The van der Waals surface area contributed by atoms with Crippen molar-refractivity contribution in [3.05, 3.63) is 35.9 Å². The Bertz CT molecular complexity index is 412. The first-order valence-corrected chi connectivity index (χ1v) is 5.49. The van der Waals surface area contributed by atoms with Crippen LogP contribution < -0.4 is 0 Å². The molecule has 0 aromatic heterocycles. The van der Waals surface area contributed by atoms with Gasteiger partial charge in [0.15, 0.2) is 5.78 Å². The molecule has 100 valence electrons. The Kier molecular flexibility index (Phi) is 4.16. The molecule has 0 aliphatic rings. The highest BCUT2D eigenvalue weighted by Crippen LogP contribution is 2.44. The van der Waals surface area contributed by atoms with E-state index in [4.69, 9.17) is 0 Å². The molecule has 0 saturated carbocycles. The highest BCUT2D eigenvalue weighted by atomic mass is 19.4. The van der Waals surface area contributed by atoms with Gasteiger partial charge < -0.3 is 4.74 Å². The fourth-order valence-electron chi connectivity index (χ4n) is 1.86. The van der Waals surface area contributed by atoms with Crippen molar-refractivity contribution in [3.63, 3.8) is 0 Å². The maximum Gasteiger partial charge on any atom is 0.428 e. The van der Waals surface area contributed by atoms with Crippen molar-refractivity contribution in [2.24, 2.45) is 5.92 Å². The van der Waals surface area contributed by atoms with Crippen molar-refractivity contribution in [1.82, 2.24) is 0 Å². The summed E-state index contributed by atoms with van der Waals surface area (Å²) >= 11 is 0. The first-order valence-electron chi connectivity index (χ1n) is 5.49. The Labute approximate surface area is 104 Å². The van der Waals surface area contributed by atoms with E-state index in [1.807, 2.05) is 0 Å². The SMILES string of the molecule is COC(C(=O)C(C)C)(c1ccccc1)C(F)(F)F. The van der Waals surface area contributed by atoms with E-state index in [0.717, 1.165) is 7.11 Å². The van der Waals surface area contributed by atoms with Crippen molar-refractivity contribution >= 4 is 5.78 Å². The second-order valence-corrected chi connectivity index (χ2v) is 4.27. The summed E-state index contributed by atoms with van der Waals surface area (Å²) in [6.45, 7) is 2.84. The first-order chi connectivity index (χ1) is 8.27. The average Bonchev–Trinajstić information content (AvgIpc) is 2.30. The maximum absolute atomic E-state index is 13.3. The van der Waals surface area contributed by atoms with Gasteiger partial charge in [0.25, 0.3) is 0 Å². The normalized spacial score (nSPS) is 15.5. The maximum atomic E-state index is 13.3. The van der Waals surface area contributed by atoms with E-state index in [9.17, 15) is 18.0 Å². The smallest absolute Gasteiger partial charge is 0.358 e. The number of carbonyl (C=O) groups excluding carboxylic acids is 1. The van der Waals surface area contributed by atoms with Gasteiger partial charge in [0.05, 0.1) is 0 Å². The highest BCUT2D eigenvalue weighted by Gasteiger charge is 2.62. The number of methoxy groups -OCH3 is 1. The Morgan fingerprint density at radius 2 is 1.67 bits per heavy atom. The van der Waals surface area contributed by atoms with E-state index in [1.54, 1.807) is 6.07 Å². The number of hydrogen-bond donors (Lipinski definition) is 0. The largest absolute Gasteiger partial charge is 0.428 e. The molecule has 0 N–H and O–H groups in total. The fourth-order valence-corrected chi connectivity index (χ4v) is 1.86. The Morgan fingerprint density at radius 1 is 1.17 bits per heavy atom. The molecule has 0 heterocycles. The van der Waals surface area contributed by atoms with Crippen molar-refractivity contribution in [3.8, 4) is 0 Å². The van der Waals surface area contributed by atoms with Gasteiger partial charge in [0, 0.05) is 18.6 Å². The minimum Gasteiger partial charge on any atom is -0.358 e. The quantitative estimate of drug-likeness (QED) is 0.830. The zero-order valence-electron chi connectivity index (χ0n) is 10.4. The number of alkyl halides is 3. The van der Waals surface area contributed by atoms with Crippen LogP contribution in [0.5, 0.6) is 0 Å². The molecule has 0 fully saturated rings. The molecule has 0 aliphatic carbocycles. The topological polar surface area (TPSA) is 26.3 Å². The summed E-state index contributed by atoms with van der Waals surface area (Å²) in [5, 5.41) is 0. The zero-order chi connectivity index (χ0) is 14.0. The highest BCUT2D eigenvalue weighted by molar-refractivity contribution is 5.91. The predicted molar refractivity (Wildman–Crippen MR) is 61.0 cm³/mol. The van der Waals surface area contributed by atoms with Crippen molar-refractivity contribution in [1.29, 1.82) is 0 Å². The summed E-state index contributed by atoms with van der Waals surface area (Å²) in [7, 11) is 0.904. The third-order valence-electron chi connectivity index (χ3n) is 2.76. The number of halogens is 3. The monoisotopic (exact) mass is 260 g/mol. The average molecular weight is 260 g/mol. The summed E-state index contributed by atoms with van der Waals surface area (Å²) in [6, 6.07) is 6.97. The molecule has 18 heavy (non-hydrogen) atoms. The van der Waals surface area contributed by atoms with Crippen LogP contribution >= 0.6 is 0 Å². The van der Waals surface area contributed by atoms with Gasteiger partial charge in [-0.25, -0.2) is 0 Å². The number of Topliss-reactive ketones (excluding diaryl/α,β-unsaturated/α-hetero) is 1. The number of hydrogen-bond acceptors (Lipinski definition) is 2. The lowest BCUT2D eigenvalue weighted by Crippen LogP contribution is -2.52. The molecule has 1 unspecified atom stereocenters. The standard InChI is InChI=1S/C13H15F3O2/c1-9(2)11(17)12(18-3,13(14,15)16)10-7-5-4-6-8-10/h4-9H,1-3H3. The van der Waals surface area contributed by atoms with Crippen LogP contribution in [0.3, 0.4) is 0 Å². The van der Waals surface area contributed by atoms with E-state index in [-0.39, 0.29) is 5.56 Å². The second kappa shape index (κ2) is 5.10. The van der Waals surface area contributed by atoms with Gasteiger partial charge >= 0.3 is 6.18 Å². The van der Waals surface area contributed by atoms with Crippen LogP contribution in [-0.4, -0.2) is 19.1 Å².